The van der Waals surface area contributed by atoms with E-state index in [9.17, 15) is 33.6 Å². The molecule has 0 bridgehead atoms. The number of hydrogen-bond acceptors (Lipinski definition) is 25. The maximum atomic E-state index is 13.0. The predicted octanol–water partition coefficient (Wildman–Crippen LogP) is 13.3. The molecule has 514 valence electrons. The van der Waals surface area contributed by atoms with Gasteiger partial charge in [-0.15, -0.1) is 56.7 Å². The number of thiazole rings is 3. The first kappa shape index (κ1) is 72.5. The molecule has 97 heavy (non-hydrogen) atoms. The maximum Gasteiger partial charge on any atom is 0.410 e. The van der Waals surface area contributed by atoms with Gasteiger partial charge in [-0.2, -0.15) is 0 Å². The van der Waals surface area contributed by atoms with Gasteiger partial charge in [-0.25, -0.2) is 34.1 Å². The number of aromatic nitrogens is 3. The topological polar surface area (TPSA) is 283 Å². The molecular weight excluding hydrogens is 1410 g/mol. The van der Waals surface area contributed by atoms with Crippen molar-refractivity contribution in [2.24, 2.45) is 0 Å². The number of benzene rings is 3. The van der Waals surface area contributed by atoms with Crippen LogP contribution in [-0.2, 0) is 18.9 Å². The van der Waals surface area contributed by atoms with E-state index >= 15 is 0 Å². The highest BCUT2D eigenvalue weighted by atomic mass is 79.9. The zero-order chi connectivity index (χ0) is 69.6. The molecule has 3 aliphatic heterocycles. The van der Waals surface area contributed by atoms with Crippen LogP contribution in [0.25, 0.3) is 0 Å². The summed E-state index contributed by atoms with van der Waals surface area (Å²) in [6.07, 6.45) is -0.603. The monoisotopic (exact) mass is 1480 g/mol. The summed E-state index contributed by atoms with van der Waals surface area (Å²) in [7, 11) is 2.70. The summed E-state index contributed by atoms with van der Waals surface area (Å²) in [6.45, 7) is 23.3. The molecule has 3 aliphatic rings. The Bertz CT molecular complexity index is 4080. The van der Waals surface area contributed by atoms with E-state index in [4.69, 9.17) is 18.9 Å². The lowest BCUT2D eigenvalue weighted by Crippen LogP contribution is -2.50. The number of methoxy groups -OCH3 is 2. The largest absolute Gasteiger partial charge is 0.465 e. The van der Waals surface area contributed by atoms with Crippen LogP contribution in [0.3, 0.4) is 0 Å². The number of hydrogen-bond donors (Lipinski definition) is 6. The third kappa shape index (κ3) is 20.2. The van der Waals surface area contributed by atoms with Gasteiger partial charge in [0.25, 0.3) is 17.7 Å². The number of anilines is 10. The fourth-order valence-corrected chi connectivity index (χ4v) is 14.5. The number of nitrogens with one attached hydrogen (secondary N) is 6. The number of aryl methyl sites for hydroxylation is 2. The average molecular weight is 1480 g/mol. The van der Waals surface area contributed by atoms with Crippen LogP contribution >= 0.6 is 72.6 Å². The second-order valence-corrected chi connectivity index (χ2v) is 30.1. The highest BCUT2D eigenvalue weighted by Crippen LogP contribution is 2.36. The number of nitrogens with zero attached hydrogens (tertiary/aromatic N) is 8. The first-order valence-corrected chi connectivity index (χ1v) is 35.9. The molecule has 0 aliphatic carbocycles. The van der Waals surface area contributed by atoms with E-state index in [-0.39, 0.29) is 41.6 Å². The van der Waals surface area contributed by atoms with Gasteiger partial charge < -0.3 is 75.3 Å². The van der Waals surface area contributed by atoms with E-state index in [0.717, 1.165) is 75.7 Å². The van der Waals surface area contributed by atoms with E-state index in [2.05, 4.69) is 77.5 Å². The van der Waals surface area contributed by atoms with Gasteiger partial charge in [-0.1, -0.05) is 36.4 Å². The van der Waals surface area contributed by atoms with Crippen molar-refractivity contribution in [3.63, 3.8) is 0 Å². The molecule has 25 nitrogen and oxygen atoms in total. The molecule has 8 heterocycles. The second kappa shape index (κ2) is 33.0. The van der Waals surface area contributed by atoms with Gasteiger partial charge in [0.2, 0.25) is 0 Å². The normalized spacial score (nSPS) is 14.0. The van der Waals surface area contributed by atoms with Gasteiger partial charge in [-0.3, -0.25) is 14.4 Å². The Kier molecular flexibility index (Phi) is 24.7. The summed E-state index contributed by atoms with van der Waals surface area (Å²) < 4.78 is 21.2. The van der Waals surface area contributed by atoms with Gasteiger partial charge in [0, 0.05) is 94.7 Å². The third-order valence-electron chi connectivity index (χ3n) is 14.7. The lowest BCUT2D eigenvalue weighted by atomic mass is 10.2. The number of amides is 5. The Morgan fingerprint density at radius 2 is 0.825 bits per heavy atom. The molecule has 0 radical (unpaired) electrons. The number of halogens is 1. The first-order chi connectivity index (χ1) is 46.3. The number of carbonyl (C=O) groups is 7. The van der Waals surface area contributed by atoms with Crippen molar-refractivity contribution >= 4 is 169 Å². The molecule has 3 aromatic carbocycles. The lowest BCUT2D eigenvalue weighted by Gasteiger charge is -2.37. The lowest BCUT2D eigenvalue weighted by molar-refractivity contribution is 0.0230. The zero-order valence-corrected chi connectivity index (χ0v) is 61.0. The Hall–Kier alpha value is -8.72. The van der Waals surface area contributed by atoms with Gasteiger partial charge in [-0.05, 0) is 131 Å². The van der Waals surface area contributed by atoms with E-state index in [1.807, 2.05) is 128 Å². The molecule has 0 spiro atoms. The average Bonchev–Trinajstić information content (AvgIpc) is 1.31. The fraction of sp³-hybridized carbons (Fsp3) is 0.364. The summed E-state index contributed by atoms with van der Waals surface area (Å²) in [6, 6.07) is 26.6. The van der Waals surface area contributed by atoms with Crippen molar-refractivity contribution in [1.82, 2.24) is 30.1 Å². The van der Waals surface area contributed by atoms with Crippen LogP contribution in [0, 0.1) is 13.8 Å². The van der Waals surface area contributed by atoms with Crippen molar-refractivity contribution in [1.29, 1.82) is 0 Å². The van der Waals surface area contributed by atoms with Crippen LogP contribution < -0.4 is 46.6 Å². The summed E-state index contributed by atoms with van der Waals surface area (Å²) in [5, 5.41) is 26.4. The minimum atomic E-state index is -0.537. The van der Waals surface area contributed by atoms with Gasteiger partial charge in [0.05, 0.1) is 58.3 Å². The Balaban J connectivity index is 0.000000173. The number of thiophene rings is 2. The van der Waals surface area contributed by atoms with E-state index in [1.54, 1.807) is 38.1 Å². The molecule has 0 atom stereocenters. The van der Waals surface area contributed by atoms with Crippen molar-refractivity contribution in [2.75, 3.05) is 134 Å². The molecular formula is C66H77BrN14O11S5. The standard InChI is InChI=1S/C26H31N5O5S2.C21H23N5O3S2.C19H23BrN4O3S/c1-16-14-20(23(33)35-5)38-22(16)29-24-28-18(15-37-24)21(32)27-17-8-6-7-9-19(17)30-10-12-31(13-11-30)25(34)36-26(2,3)4;1-13-11-17(20(28)29-2)31-19(13)25-21-24-15(12-30-21)18(27)23-14-5-3-4-6-16(14)26-9-7-22-8-10-26;1-19(2,3)27-18(26)24-10-8-23(9-11-24)15-7-5-4-6-13(15)21-16(25)14-12-28-17(20)22-14/h6-9,14-15H,10-13H2,1-5H3,(H,27,32)(H,28,29);3-6,11-12,22H,7-10H2,1-2H3,(H,23,27)(H,24,25);4-7,12H,8-11H2,1-3H3,(H,21,25). The molecule has 11 rings (SSSR count). The van der Waals surface area contributed by atoms with Crippen LogP contribution in [-0.4, -0.2) is 171 Å². The molecule has 5 amide bonds. The van der Waals surface area contributed by atoms with Crippen LogP contribution in [0.4, 0.5) is 64.0 Å². The van der Waals surface area contributed by atoms with Gasteiger partial charge in [0.15, 0.2) is 14.2 Å². The highest BCUT2D eigenvalue weighted by Gasteiger charge is 2.30. The minimum absolute atomic E-state index is 0.248. The number of rotatable bonds is 15. The van der Waals surface area contributed by atoms with Crippen molar-refractivity contribution in [3.8, 4) is 0 Å². The molecule has 6 N–H and O–H groups in total. The van der Waals surface area contributed by atoms with Crippen molar-refractivity contribution in [3.05, 3.63) is 143 Å². The Morgan fingerprint density at radius 1 is 0.485 bits per heavy atom. The maximum absolute atomic E-state index is 13.0. The van der Waals surface area contributed by atoms with Crippen LogP contribution in [0.2, 0.25) is 0 Å². The van der Waals surface area contributed by atoms with E-state index in [1.165, 1.54) is 70.9 Å². The summed E-state index contributed by atoms with van der Waals surface area (Å²) in [5.74, 6) is -1.60. The molecule has 8 aromatic rings. The Morgan fingerprint density at radius 3 is 1.16 bits per heavy atom. The third-order valence-corrected chi connectivity index (χ3v) is 19.8. The summed E-state index contributed by atoms with van der Waals surface area (Å²) >= 11 is 9.85. The molecule has 31 heteroatoms. The minimum Gasteiger partial charge on any atom is -0.465 e. The fourth-order valence-electron chi connectivity index (χ4n) is 9.98. The summed E-state index contributed by atoms with van der Waals surface area (Å²) in [4.78, 5) is 111. The smallest absolute Gasteiger partial charge is 0.410 e. The quantitative estimate of drug-likeness (QED) is 0.0411. The number of piperazine rings is 3. The van der Waals surface area contributed by atoms with Gasteiger partial charge in [0.1, 0.15) is 38.0 Å². The molecule has 0 saturated carbocycles. The molecule has 3 saturated heterocycles. The highest BCUT2D eigenvalue weighted by molar-refractivity contribution is 9.11. The van der Waals surface area contributed by atoms with Crippen LogP contribution in [0.15, 0.2) is 105 Å². The SMILES string of the molecule is CC(C)(C)OC(=O)N1CCN(c2ccccc2NC(=O)c2csc(Br)n2)CC1.COC(=O)c1cc(C)c(Nc2nc(C(=O)Nc3ccccc3N3CCN(C(=O)OC(C)(C)C)CC3)cs2)s1.COC(=O)c1cc(C)c(Nc2nc(C(=O)Nc3ccccc3N3CCNCC3)cs2)s1. The number of ether oxygens (including phenoxy) is 4. The molecule has 5 aromatic heterocycles. The number of carbonyl (C=O) groups excluding carboxylic acids is 7. The number of para-hydroxylation sites is 6. The van der Waals surface area contributed by atoms with E-state index < -0.39 is 17.2 Å². The van der Waals surface area contributed by atoms with Crippen molar-refractivity contribution in [2.45, 2.75) is 66.6 Å². The zero-order valence-electron chi connectivity index (χ0n) is 55.3. The molecule has 3 fully saturated rings. The predicted molar refractivity (Wildman–Crippen MR) is 390 cm³/mol. The molecule has 0 unspecified atom stereocenters. The number of esters is 2. The second-order valence-electron chi connectivity index (χ2n) is 24.1. The van der Waals surface area contributed by atoms with Crippen LogP contribution in [0.1, 0.15) is 103 Å². The van der Waals surface area contributed by atoms with Gasteiger partial charge >= 0.3 is 24.1 Å². The van der Waals surface area contributed by atoms with Crippen molar-refractivity contribution < 1.29 is 52.5 Å². The van der Waals surface area contributed by atoms with E-state index in [0.29, 0.717) is 93.4 Å². The summed E-state index contributed by atoms with van der Waals surface area (Å²) in [5.41, 5.74) is 6.73. The Labute approximate surface area is 591 Å². The van der Waals surface area contributed by atoms with Crippen LogP contribution in [0.5, 0.6) is 0 Å². The first-order valence-electron chi connectivity index (χ1n) is 30.9.